The summed E-state index contributed by atoms with van der Waals surface area (Å²) in [5.74, 6) is -0.216. The molecule has 1 aliphatic heterocycles. The van der Waals surface area contributed by atoms with Gasteiger partial charge in [0.15, 0.2) is 0 Å². The molecule has 22 heavy (non-hydrogen) atoms. The van der Waals surface area contributed by atoms with Crippen LogP contribution in [0.5, 0.6) is 0 Å². The lowest BCUT2D eigenvalue weighted by Crippen LogP contribution is -2.44. The molecule has 0 aromatic carbocycles. The SMILES string of the molecule is CNCCN1CCC(NCc2cnc(C)c(F)c2)CC1.CO. The second kappa shape index (κ2) is 10.6. The van der Waals surface area contributed by atoms with Crippen LogP contribution in [-0.4, -0.2) is 61.4 Å². The van der Waals surface area contributed by atoms with E-state index in [0.717, 1.165) is 51.7 Å². The van der Waals surface area contributed by atoms with Crippen molar-refractivity contribution in [2.24, 2.45) is 0 Å². The second-order valence-electron chi connectivity index (χ2n) is 5.51. The number of nitrogens with one attached hydrogen (secondary N) is 2. The molecule has 2 heterocycles. The molecule has 0 bridgehead atoms. The lowest BCUT2D eigenvalue weighted by atomic mass is 10.0. The van der Waals surface area contributed by atoms with Crippen LogP contribution in [0, 0.1) is 12.7 Å². The van der Waals surface area contributed by atoms with E-state index in [0.29, 0.717) is 18.3 Å². The lowest BCUT2D eigenvalue weighted by Gasteiger charge is -2.32. The van der Waals surface area contributed by atoms with Gasteiger partial charge in [-0.1, -0.05) is 0 Å². The molecule has 1 aliphatic rings. The molecule has 1 fully saturated rings. The van der Waals surface area contributed by atoms with Gasteiger partial charge in [0.05, 0.1) is 5.69 Å². The Labute approximate surface area is 132 Å². The maximum atomic E-state index is 13.4. The van der Waals surface area contributed by atoms with Crippen LogP contribution in [0.1, 0.15) is 24.1 Å². The molecule has 126 valence electrons. The van der Waals surface area contributed by atoms with Gasteiger partial charge in [0.1, 0.15) is 5.82 Å². The molecule has 3 N–H and O–H groups in total. The fourth-order valence-electron chi connectivity index (χ4n) is 2.54. The number of pyridine rings is 1. The number of piperidine rings is 1. The number of aliphatic hydroxyl groups excluding tert-OH is 1. The third-order valence-electron chi connectivity index (χ3n) is 3.94. The predicted octanol–water partition coefficient (Wildman–Crippen LogP) is 0.911. The molecular formula is C16H29FN4O. The molecule has 0 spiro atoms. The summed E-state index contributed by atoms with van der Waals surface area (Å²) in [5, 5.41) is 13.7. The monoisotopic (exact) mass is 312 g/mol. The Morgan fingerprint density at radius 2 is 2.05 bits per heavy atom. The first kappa shape index (κ1) is 19.0. The zero-order valence-corrected chi connectivity index (χ0v) is 13.9. The van der Waals surface area contributed by atoms with Gasteiger partial charge >= 0.3 is 0 Å². The van der Waals surface area contributed by atoms with Crippen molar-refractivity contribution in [3.63, 3.8) is 0 Å². The van der Waals surface area contributed by atoms with Crippen molar-refractivity contribution in [2.75, 3.05) is 40.3 Å². The number of halogens is 1. The van der Waals surface area contributed by atoms with Gasteiger partial charge < -0.3 is 20.6 Å². The average molecular weight is 312 g/mol. The van der Waals surface area contributed by atoms with Crippen molar-refractivity contribution in [1.82, 2.24) is 20.5 Å². The number of likely N-dealkylation sites (tertiary alicyclic amines) is 1. The van der Waals surface area contributed by atoms with E-state index in [1.54, 1.807) is 19.2 Å². The topological polar surface area (TPSA) is 60.4 Å². The zero-order chi connectivity index (χ0) is 16.4. The summed E-state index contributed by atoms with van der Waals surface area (Å²) >= 11 is 0. The summed E-state index contributed by atoms with van der Waals surface area (Å²) in [4.78, 5) is 6.55. The molecule has 0 radical (unpaired) electrons. The van der Waals surface area contributed by atoms with Crippen molar-refractivity contribution in [3.05, 3.63) is 29.3 Å². The molecule has 1 aromatic rings. The van der Waals surface area contributed by atoms with Crippen LogP contribution in [0.4, 0.5) is 4.39 Å². The summed E-state index contributed by atoms with van der Waals surface area (Å²) in [5.41, 5.74) is 1.39. The third kappa shape index (κ3) is 6.36. The normalized spacial score (nSPS) is 16.2. The molecule has 5 nitrogen and oxygen atoms in total. The third-order valence-corrected chi connectivity index (χ3v) is 3.94. The number of rotatable bonds is 6. The Morgan fingerprint density at radius 1 is 1.36 bits per heavy atom. The van der Waals surface area contributed by atoms with Gasteiger partial charge in [-0.2, -0.15) is 0 Å². The summed E-state index contributed by atoms with van der Waals surface area (Å²) < 4.78 is 13.4. The number of likely N-dealkylation sites (N-methyl/N-ethyl adjacent to an activating group) is 1. The van der Waals surface area contributed by atoms with Gasteiger partial charge in [0.25, 0.3) is 0 Å². The molecule has 0 amide bonds. The van der Waals surface area contributed by atoms with Gasteiger partial charge in [-0.05, 0) is 51.5 Å². The Bertz CT molecular complexity index is 423. The van der Waals surface area contributed by atoms with E-state index in [9.17, 15) is 4.39 Å². The molecule has 1 aromatic heterocycles. The van der Waals surface area contributed by atoms with E-state index in [1.807, 2.05) is 7.05 Å². The van der Waals surface area contributed by atoms with Crippen LogP contribution in [0.25, 0.3) is 0 Å². The fourth-order valence-corrected chi connectivity index (χ4v) is 2.54. The summed E-state index contributed by atoms with van der Waals surface area (Å²) in [7, 11) is 2.99. The highest BCUT2D eigenvalue weighted by Crippen LogP contribution is 2.11. The molecule has 0 aliphatic carbocycles. The molecule has 0 atom stereocenters. The van der Waals surface area contributed by atoms with Gasteiger partial charge in [0, 0.05) is 39.0 Å². The van der Waals surface area contributed by atoms with Crippen LogP contribution in [-0.2, 0) is 6.54 Å². The largest absolute Gasteiger partial charge is 0.400 e. The Kier molecular flexibility index (Phi) is 9.15. The van der Waals surface area contributed by atoms with Crippen molar-refractivity contribution in [1.29, 1.82) is 0 Å². The number of aromatic nitrogens is 1. The van der Waals surface area contributed by atoms with Crippen LogP contribution in [0.2, 0.25) is 0 Å². The highest BCUT2D eigenvalue weighted by Gasteiger charge is 2.18. The molecule has 0 saturated carbocycles. The summed E-state index contributed by atoms with van der Waals surface area (Å²) in [6.45, 7) is 6.83. The number of hydrogen-bond donors (Lipinski definition) is 3. The predicted molar refractivity (Wildman–Crippen MR) is 87.3 cm³/mol. The van der Waals surface area contributed by atoms with Gasteiger partial charge in [-0.15, -0.1) is 0 Å². The van der Waals surface area contributed by atoms with Crippen LogP contribution in [0.3, 0.4) is 0 Å². The second-order valence-corrected chi connectivity index (χ2v) is 5.51. The van der Waals surface area contributed by atoms with Gasteiger partial charge in [-0.3, -0.25) is 4.98 Å². The first-order valence-electron chi connectivity index (χ1n) is 7.85. The van der Waals surface area contributed by atoms with Crippen molar-refractivity contribution >= 4 is 0 Å². The van der Waals surface area contributed by atoms with E-state index in [1.165, 1.54) is 0 Å². The minimum Gasteiger partial charge on any atom is -0.400 e. The maximum absolute atomic E-state index is 13.4. The Hall–Kier alpha value is -1.08. The van der Waals surface area contributed by atoms with Crippen molar-refractivity contribution < 1.29 is 9.50 Å². The van der Waals surface area contributed by atoms with E-state index in [-0.39, 0.29) is 5.82 Å². The average Bonchev–Trinajstić information content (AvgIpc) is 2.57. The van der Waals surface area contributed by atoms with Gasteiger partial charge in [-0.25, -0.2) is 4.39 Å². The number of hydrogen-bond acceptors (Lipinski definition) is 5. The molecule has 6 heteroatoms. The molecular weight excluding hydrogens is 283 g/mol. The highest BCUT2D eigenvalue weighted by molar-refractivity contribution is 5.15. The summed E-state index contributed by atoms with van der Waals surface area (Å²) in [6, 6.07) is 2.11. The Morgan fingerprint density at radius 3 is 2.64 bits per heavy atom. The van der Waals surface area contributed by atoms with E-state index in [4.69, 9.17) is 5.11 Å². The van der Waals surface area contributed by atoms with Crippen molar-refractivity contribution in [3.8, 4) is 0 Å². The van der Waals surface area contributed by atoms with Crippen LogP contribution < -0.4 is 10.6 Å². The first-order chi connectivity index (χ1) is 10.7. The number of aliphatic hydroxyl groups is 1. The fraction of sp³-hybridized carbons (Fsp3) is 0.688. The van der Waals surface area contributed by atoms with E-state index in [2.05, 4.69) is 20.5 Å². The van der Waals surface area contributed by atoms with E-state index < -0.39 is 0 Å². The summed E-state index contributed by atoms with van der Waals surface area (Å²) in [6.07, 6.45) is 4.07. The zero-order valence-electron chi connectivity index (χ0n) is 13.9. The first-order valence-corrected chi connectivity index (χ1v) is 7.85. The molecule has 2 rings (SSSR count). The molecule has 1 saturated heterocycles. The standard InChI is InChI=1S/C15H25FN4.CH4O/c1-12-15(16)9-13(10-18-12)11-19-14-3-6-20(7-4-14)8-5-17-2;1-2/h9-10,14,17,19H,3-8,11H2,1-2H3;2H,1H3. The minimum atomic E-state index is -0.216. The molecule has 0 unspecified atom stereocenters. The number of nitrogens with zero attached hydrogens (tertiary/aromatic N) is 2. The van der Waals surface area contributed by atoms with Crippen molar-refractivity contribution in [2.45, 2.75) is 32.4 Å². The van der Waals surface area contributed by atoms with Crippen LogP contribution in [0.15, 0.2) is 12.3 Å². The Balaban J connectivity index is 0.00000116. The lowest BCUT2D eigenvalue weighted by molar-refractivity contribution is 0.199. The van der Waals surface area contributed by atoms with Crippen LogP contribution >= 0.6 is 0 Å². The maximum Gasteiger partial charge on any atom is 0.144 e. The van der Waals surface area contributed by atoms with E-state index >= 15 is 0 Å². The highest BCUT2D eigenvalue weighted by atomic mass is 19.1. The number of aryl methyl sites for hydroxylation is 1. The quantitative estimate of drug-likeness (QED) is 0.729. The smallest absolute Gasteiger partial charge is 0.144 e. The minimum absolute atomic E-state index is 0.216. The van der Waals surface area contributed by atoms with Gasteiger partial charge in [0.2, 0.25) is 0 Å².